The van der Waals surface area contributed by atoms with Gasteiger partial charge in [0.25, 0.3) is 0 Å². The summed E-state index contributed by atoms with van der Waals surface area (Å²) in [5.41, 5.74) is -0.194. The van der Waals surface area contributed by atoms with Crippen LogP contribution in [0.5, 0.6) is 0 Å². The van der Waals surface area contributed by atoms with Crippen molar-refractivity contribution in [3.05, 3.63) is 0 Å². The van der Waals surface area contributed by atoms with Crippen LogP contribution in [-0.2, 0) is 4.79 Å². The first kappa shape index (κ1) is 12.1. The smallest absolute Gasteiger partial charge is 0.230 e. The van der Waals surface area contributed by atoms with Gasteiger partial charge in [-0.05, 0) is 19.4 Å². The predicted octanol–water partition coefficient (Wildman–Crippen LogP) is 0.858. The maximum Gasteiger partial charge on any atom is 0.230 e. The molecule has 0 saturated carbocycles. The molecule has 1 atom stereocenters. The van der Waals surface area contributed by atoms with Gasteiger partial charge in [0.15, 0.2) is 0 Å². The van der Waals surface area contributed by atoms with E-state index in [2.05, 4.69) is 18.2 Å². The van der Waals surface area contributed by atoms with Crippen LogP contribution < -0.4 is 5.32 Å². The summed E-state index contributed by atoms with van der Waals surface area (Å²) in [6.07, 6.45) is 8.15. The number of nitrogens with zero attached hydrogens (tertiary/aromatic N) is 1. The summed E-state index contributed by atoms with van der Waals surface area (Å²) in [4.78, 5) is 13.9. The molecule has 84 valence electrons. The highest BCUT2D eigenvalue weighted by atomic mass is 16.2. The molecule has 0 aromatic carbocycles. The minimum atomic E-state index is -0.194. The molecule has 0 aliphatic carbocycles. The van der Waals surface area contributed by atoms with E-state index in [1.54, 1.807) is 11.9 Å². The van der Waals surface area contributed by atoms with Gasteiger partial charge in [-0.2, -0.15) is 0 Å². The summed E-state index contributed by atoms with van der Waals surface area (Å²) in [6, 6.07) is 0. The van der Waals surface area contributed by atoms with E-state index >= 15 is 0 Å². The lowest BCUT2D eigenvalue weighted by atomic mass is 9.81. The average Bonchev–Trinajstić information content (AvgIpc) is 2.67. The minimum absolute atomic E-state index is 0.194. The lowest BCUT2D eigenvalue weighted by Crippen LogP contribution is -2.43. The zero-order valence-corrected chi connectivity index (χ0v) is 9.68. The van der Waals surface area contributed by atoms with E-state index in [1.807, 2.05) is 0 Å². The summed E-state index contributed by atoms with van der Waals surface area (Å²) in [7, 11) is 1.79. The highest BCUT2D eigenvalue weighted by Crippen LogP contribution is 2.32. The highest BCUT2D eigenvalue weighted by Gasteiger charge is 2.41. The average molecular weight is 208 g/mol. The fourth-order valence-corrected chi connectivity index (χ4v) is 2.34. The van der Waals surface area contributed by atoms with Crippen LogP contribution in [0.1, 0.15) is 26.2 Å². The SMILES string of the molecule is C#CCN(C)C(=O)C1(CCC)CCNC1. The van der Waals surface area contributed by atoms with Gasteiger partial charge < -0.3 is 10.2 Å². The van der Waals surface area contributed by atoms with Crippen molar-refractivity contribution in [2.75, 3.05) is 26.7 Å². The molecule has 3 nitrogen and oxygen atoms in total. The molecule has 0 aromatic heterocycles. The largest absolute Gasteiger partial charge is 0.334 e. The van der Waals surface area contributed by atoms with Crippen molar-refractivity contribution in [3.63, 3.8) is 0 Å². The first-order valence-electron chi connectivity index (χ1n) is 5.56. The van der Waals surface area contributed by atoms with Gasteiger partial charge in [-0.25, -0.2) is 0 Å². The van der Waals surface area contributed by atoms with Crippen LogP contribution in [-0.4, -0.2) is 37.5 Å². The standard InChI is InChI=1S/C12H20N2O/c1-4-6-12(7-8-13-10-12)11(15)14(3)9-5-2/h2,13H,4,6-10H2,1,3H3. The second-order valence-corrected chi connectivity index (χ2v) is 4.32. The number of rotatable bonds is 4. The molecule has 1 aliphatic rings. The molecule has 1 amide bonds. The van der Waals surface area contributed by atoms with Gasteiger partial charge in [0.2, 0.25) is 5.91 Å². The quantitative estimate of drug-likeness (QED) is 0.695. The van der Waals surface area contributed by atoms with Gasteiger partial charge in [0.1, 0.15) is 0 Å². The Morgan fingerprint density at radius 1 is 1.67 bits per heavy atom. The molecule has 1 fully saturated rings. The van der Waals surface area contributed by atoms with E-state index in [0.717, 1.165) is 32.4 Å². The number of hydrogen-bond donors (Lipinski definition) is 1. The van der Waals surface area contributed by atoms with Gasteiger partial charge in [-0.15, -0.1) is 6.42 Å². The fraction of sp³-hybridized carbons (Fsp3) is 0.750. The van der Waals surface area contributed by atoms with E-state index in [9.17, 15) is 4.79 Å². The molecule has 1 rings (SSSR count). The number of carbonyl (C=O) groups excluding carboxylic acids is 1. The van der Waals surface area contributed by atoms with Crippen molar-refractivity contribution in [1.29, 1.82) is 0 Å². The third-order valence-electron chi connectivity index (χ3n) is 3.10. The van der Waals surface area contributed by atoms with Crippen molar-refractivity contribution < 1.29 is 4.79 Å². The monoisotopic (exact) mass is 208 g/mol. The van der Waals surface area contributed by atoms with Crippen LogP contribution in [0, 0.1) is 17.8 Å². The van der Waals surface area contributed by atoms with Crippen LogP contribution in [0.25, 0.3) is 0 Å². The summed E-state index contributed by atoms with van der Waals surface area (Å²) < 4.78 is 0. The summed E-state index contributed by atoms with van der Waals surface area (Å²) in [5.74, 6) is 2.72. The third-order valence-corrected chi connectivity index (χ3v) is 3.10. The maximum atomic E-state index is 12.2. The van der Waals surface area contributed by atoms with Crippen LogP contribution >= 0.6 is 0 Å². The molecule has 0 aromatic rings. The number of carbonyl (C=O) groups is 1. The molecular weight excluding hydrogens is 188 g/mol. The lowest BCUT2D eigenvalue weighted by Gasteiger charge is -2.30. The molecule has 0 spiro atoms. The molecule has 1 heterocycles. The van der Waals surface area contributed by atoms with Crippen molar-refractivity contribution in [3.8, 4) is 12.3 Å². The van der Waals surface area contributed by atoms with Crippen molar-refractivity contribution in [2.45, 2.75) is 26.2 Å². The molecule has 1 aliphatic heterocycles. The molecule has 0 bridgehead atoms. The Labute approximate surface area is 92.2 Å². The zero-order chi connectivity index (χ0) is 11.3. The van der Waals surface area contributed by atoms with E-state index in [-0.39, 0.29) is 11.3 Å². The normalized spacial score (nSPS) is 24.9. The molecule has 1 N–H and O–H groups in total. The van der Waals surface area contributed by atoms with Crippen LogP contribution in [0.15, 0.2) is 0 Å². The Morgan fingerprint density at radius 2 is 2.40 bits per heavy atom. The number of hydrogen-bond acceptors (Lipinski definition) is 2. The molecule has 3 heteroatoms. The Hall–Kier alpha value is -1.01. The third kappa shape index (κ3) is 2.51. The highest BCUT2D eigenvalue weighted by molar-refractivity contribution is 5.83. The van der Waals surface area contributed by atoms with Gasteiger partial charge in [-0.1, -0.05) is 19.3 Å². The van der Waals surface area contributed by atoms with Gasteiger partial charge in [0.05, 0.1) is 12.0 Å². The predicted molar refractivity (Wildman–Crippen MR) is 61.3 cm³/mol. The van der Waals surface area contributed by atoms with Gasteiger partial charge in [0, 0.05) is 13.6 Å². The second-order valence-electron chi connectivity index (χ2n) is 4.32. The van der Waals surface area contributed by atoms with E-state index in [0.29, 0.717) is 6.54 Å². The van der Waals surface area contributed by atoms with E-state index < -0.39 is 0 Å². The van der Waals surface area contributed by atoms with Crippen LogP contribution in [0.4, 0.5) is 0 Å². The molecule has 15 heavy (non-hydrogen) atoms. The molecule has 1 saturated heterocycles. The topological polar surface area (TPSA) is 32.3 Å². The maximum absolute atomic E-state index is 12.2. The Bertz CT molecular complexity index is 261. The van der Waals surface area contributed by atoms with Crippen LogP contribution in [0.3, 0.4) is 0 Å². The molecular formula is C12H20N2O. The second kappa shape index (κ2) is 5.18. The fourth-order valence-electron chi connectivity index (χ4n) is 2.34. The lowest BCUT2D eigenvalue weighted by molar-refractivity contribution is -0.139. The Morgan fingerprint density at radius 3 is 2.87 bits per heavy atom. The number of terminal acetylenes is 1. The Balaban J connectivity index is 2.72. The van der Waals surface area contributed by atoms with Gasteiger partial charge in [-0.3, -0.25) is 4.79 Å². The van der Waals surface area contributed by atoms with E-state index in [4.69, 9.17) is 6.42 Å². The first-order chi connectivity index (χ1) is 7.16. The zero-order valence-electron chi connectivity index (χ0n) is 9.68. The van der Waals surface area contributed by atoms with Crippen molar-refractivity contribution >= 4 is 5.91 Å². The van der Waals surface area contributed by atoms with Crippen molar-refractivity contribution in [2.24, 2.45) is 5.41 Å². The summed E-state index contributed by atoms with van der Waals surface area (Å²) in [6.45, 7) is 4.27. The minimum Gasteiger partial charge on any atom is -0.334 e. The van der Waals surface area contributed by atoms with E-state index in [1.165, 1.54) is 0 Å². The summed E-state index contributed by atoms with van der Waals surface area (Å²) in [5, 5.41) is 3.28. The molecule has 1 unspecified atom stereocenters. The molecule has 0 radical (unpaired) electrons. The summed E-state index contributed by atoms with van der Waals surface area (Å²) >= 11 is 0. The number of amides is 1. The van der Waals surface area contributed by atoms with Crippen molar-refractivity contribution in [1.82, 2.24) is 10.2 Å². The Kier molecular flexibility index (Phi) is 4.16. The number of nitrogens with one attached hydrogen (secondary N) is 1. The van der Waals surface area contributed by atoms with Crippen LogP contribution in [0.2, 0.25) is 0 Å². The first-order valence-corrected chi connectivity index (χ1v) is 5.56. The van der Waals surface area contributed by atoms with Gasteiger partial charge >= 0.3 is 0 Å².